The number of hydrogen-bond acceptors (Lipinski definition) is 1. The third-order valence-corrected chi connectivity index (χ3v) is 1.96. The molecule has 0 spiro atoms. The highest BCUT2D eigenvalue weighted by molar-refractivity contribution is 5.94. The Kier molecular flexibility index (Phi) is 3.72. The number of rotatable bonds is 3. The van der Waals surface area contributed by atoms with Gasteiger partial charge in [0.05, 0.1) is 0 Å². The van der Waals surface area contributed by atoms with Gasteiger partial charge in [-0.2, -0.15) is 0 Å². The van der Waals surface area contributed by atoms with Gasteiger partial charge in [0.2, 0.25) is 0 Å². The smallest absolute Gasteiger partial charge is 0.158 e. The van der Waals surface area contributed by atoms with Gasteiger partial charge in [-0.25, -0.2) is 8.78 Å². The number of ketones is 1. The van der Waals surface area contributed by atoms with Crippen molar-refractivity contribution in [3.8, 4) is 0 Å². The molecule has 0 N–H and O–H groups in total. The molecule has 0 radical (unpaired) electrons. The molecular weight excluding hydrogens is 198 g/mol. The van der Waals surface area contributed by atoms with Gasteiger partial charge in [0.25, 0.3) is 0 Å². The van der Waals surface area contributed by atoms with E-state index in [2.05, 4.69) is 0 Å². The summed E-state index contributed by atoms with van der Waals surface area (Å²) in [5.41, 5.74) is 0.213. The monoisotopic (exact) mass is 210 g/mol. The zero-order valence-electron chi connectivity index (χ0n) is 8.63. The first-order valence-corrected chi connectivity index (χ1v) is 4.67. The molecule has 0 heterocycles. The molecule has 80 valence electrons. The van der Waals surface area contributed by atoms with Gasteiger partial charge < -0.3 is 0 Å². The lowest BCUT2D eigenvalue weighted by Crippen LogP contribution is -2.01. The van der Waals surface area contributed by atoms with Crippen LogP contribution in [0.5, 0.6) is 0 Å². The van der Waals surface area contributed by atoms with Gasteiger partial charge in [-0.15, -0.1) is 0 Å². The number of carbonyl (C=O) groups excluding carboxylic acids is 1. The molecule has 0 unspecified atom stereocenters. The van der Waals surface area contributed by atoms with E-state index in [4.69, 9.17) is 0 Å². The van der Waals surface area contributed by atoms with Crippen molar-refractivity contribution >= 4 is 11.9 Å². The largest absolute Gasteiger partial charge is 0.295 e. The minimum absolute atomic E-state index is 0.0845. The highest BCUT2D eigenvalue weighted by Gasteiger charge is 2.04. The maximum Gasteiger partial charge on any atom is 0.158 e. The molecule has 1 aromatic rings. The molecule has 0 atom stereocenters. The van der Waals surface area contributed by atoms with E-state index in [0.29, 0.717) is 0 Å². The van der Waals surface area contributed by atoms with Crippen LogP contribution in [0.2, 0.25) is 0 Å². The fourth-order valence-corrected chi connectivity index (χ4v) is 1.00. The molecule has 1 rings (SSSR count). The standard InChI is InChI=1S/C12H12F2O/c1-8(2)12(15)6-4-9-3-5-10(13)7-11(9)14/h3-8H,1-2H3. The topological polar surface area (TPSA) is 17.1 Å². The van der Waals surface area contributed by atoms with Crippen molar-refractivity contribution < 1.29 is 13.6 Å². The lowest BCUT2D eigenvalue weighted by Gasteiger charge is -1.98. The van der Waals surface area contributed by atoms with E-state index in [1.54, 1.807) is 13.8 Å². The Morgan fingerprint density at radius 1 is 1.33 bits per heavy atom. The summed E-state index contributed by atoms with van der Waals surface area (Å²) in [5, 5.41) is 0. The van der Waals surface area contributed by atoms with Crippen LogP contribution in [0, 0.1) is 17.6 Å². The highest BCUT2D eigenvalue weighted by Crippen LogP contribution is 2.11. The molecule has 0 aromatic heterocycles. The molecule has 0 aliphatic heterocycles. The van der Waals surface area contributed by atoms with E-state index in [0.717, 1.165) is 12.1 Å². The Hall–Kier alpha value is -1.51. The minimum atomic E-state index is -0.664. The van der Waals surface area contributed by atoms with Crippen LogP contribution in [0.15, 0.2) is 24.3 Å². The van der Waals surface area contributed by atoms with Gasteiger partial charge >= 0.3 is 0 Å². The summed E-state index contributed by atoms with van der Waals surface area (Å²) in [6.07, 6.45) is 2.66. The predicted molar refractivity (Wildman–Crippen MR) is 55.2 cm³/mol. The maximum absolute atomic E-state index is 13.1. The molecule has 0 bridgehead atoms. The molecular formula is C12H12F2O. The summed E-state index contributed by atoms with van der Waals surface area (Å²) in [7, 11) is 0. The maximum atomic E-state index is 13.1. The SMILES string of the molecule is CC(C)C(=O)C=Cc1ccc(F)cc1F. The Bertz CT molecular complexity index is 395. The first-order valence-electron chi connectivity index (χ1n) is 4.67. The summed E-state index contributed by atoms with van der Waals surface area (Å²) in [5.74, 6) is -1.49. The molecule has 0 amide bonds. The number of carbonyl (C=O) groups is 1. The van der Waals surface area contributed by atoms with Gasteiger partial charge in [0.15, 0.2) is 5.78 Å². The molecule has 0 fully saturated rings. The van der Waals surface area contributed by atoms with Gasteiger partial charge in [-0.1, -0.05) is 13.8 Å². The van der Waals surface area contributed by atoms with E-state index in [9.17, 15) is 13.6 Å². The van der Waals surface area contributed by atoms with Crippen LogP contribution >= 0.6 is 0 Å². The van der Waals surface area contributed by atoms with E-state index < -0.39 is 11.6 Å². The number of halogens is 2. The molecule has 0 saturated heterocycles. The third-order valence-electron chi connectivity index (χ3n) is 1.96. The number of allylic oxidation sites excluding steroid dienone is 1. The van der Waals surface area contributed by atoms with Crippen molar-refractivity contribution in [1.29, 1.82) is 0 Å². The van der Waals surface area contributed by atoms with Crippen LogP contribution in [0.25, 0.3) is 6.08 Å². The van der Waals surface area contributed by atoms with Crippen LogP contribution in [0.1, 0.15) is 19.4 Å². The van der Waals surface area contributed by atoms with Crippen molar-refractivity contribution in [1.82, 2.24) is 0 Å². The molecule has 0 aliphatic rings. The van der Waals surface area contributed by atoms with Crippen LogP contribution in [-0.2, 0) is 4.79 Å². The summed E-state index contributed by atoms with van der Waals surface area (Å²) in [4.78, 5) is 11.2. The third kappa shape index (κ3) is 3.27. The van der Waals surface area contributed by atoms with Crippen molar-refractivity contribution in [2.45, 2.75) is 13.8 Å². The summed E-state index contributed by atoms with van der Waals surface area (Å²) < 4.78 is 25.6. The first kappa shape index (κ1) is 11.6. The Morgan fingerprint density at radius 2 is 2.00 bits per heavy atom. The molecule has 0 saturated carbocycles. The molecule has 1 nitrogen and oxygen atoms in total. The van der Waals surface area contributed by atoms with Crippen LogP contribution in [-0.4, -0.2) is 5.78 Å². The zero-order chi connectivity index (χ0) is 11.4. The van der Waals surface area contributed by atoms with Gasteiger partial charge in [0.1, 0.15) is 11.6 Å². The fourth-order valence-electron chi connectivity index (χ4n) is 1.00. The zero-order valence-corrected chi connectivity index (χ0v) is 8.63. The summed E-state index contributed by atoms with van der Waals surface area (Å²) in [6.45, 7) is 3.52. The normalized spacial score (nSPS) is 11.3. The van der Waals surface area contributed by atoms with Crippen LogP contribution in [0.4, 0.5) is 8.78 Å². The van der Waals surface area contributed by atoms with Gasteiger partial charge in [-0.05, 0) is 24.3 Å². The molecule has 1 aromatic carbocycles. The fraction of sp³-hybridized carbons (Fsp3) is 0.250. The second kappa shape index (κ2) is 4.82. The van der Waals surface area contributed by atoms with Gasteiger partial charge in [0, 0.05) is 17.5 Å². The van der Waals surface area contributed by atoms with E-state index >= 15 is 0 Å². The van der Waals surface area contributed by atoms with Crippen molar-refractivity contribution in [3.63, 3.8) is 0 Å². The van der Waals surface area contributed by atoms with E-state index in [1.165, 1.54) is 18.2 Å². The predicted octanol–water partition coefficient (Wildman–Crippen LogP) is 3.20. The van der Waals surface area contributed by atoms with Crippen molar-refractivity contribution in [3.05, 3.63) is 41.5 Å². The Labute approximate surface area is 87.4 Å². The van der Waals surface area contributed by atoms with Crippen molar-refractivity contribution in [2.24, 2.45) is 5.92 Å². The summed E-state index contributed by atoms with van der Waals surface area (Å²) >= 11 is 0. The number of hydrogen-bond donors (Lipinski definition) is 0. The number of benzene rings is 1. The lowest BCUT2D eigenvalue weighted by atomic mass is 10.1. The molecule has 0 aliphatic carbocycles. The molecule has 15 heavy (non-hydrogen) atoms. The average molecular weight is 210 g/mol. The summed E-state index contributed by atoms with van der Waals surface area (Å²) in [6, 6.07) is 3.25. The minimum Gasteiger partial charge on any atom is -0.295 e. The van der Waals surface area contributed by atoms with Crippen LogP contribution < -0.4 is 0 Å². The van der Waals surface area contributed by atoms with E-state index in [1.807, 2.05) is 0 Å². The first-order chi connectivity index (χ1) is 7.00. The Morgan fingerprint density at radius 3 is 2.53 bits per heavy atom. The Balaban J connectivity index is 2.85. The average Bonchev–Trinajstić information content (AvgIpc) is 2.15. The highest BCUT2D eigenvalue weighted by atomic mass is 19.1. The second-order valence-corrected chi connectivity index (χ2v) is 3.56. The second-order valence-electron chi connectivity index (χ2n) is 3.56. The van der Waals surface area contributed by atoms with Crippen LogP contribution in [0.3, 0.4) is 0 Å². The van der Waals surface area contributed by atoms with Gasteiger partial charge in [-0.3, -0.25) is 4.79 Å². The molecule has 3 heteroatoms. The quantitative estimate of drug-likeness (QED) is 0.700. The lowest BCUT2D eigenvalue weighted by molar-refractivity contribution is -0.117. The van der Waals surface area contributed by atoms with E-state index in [-0.39, 0.29) is 17.3 Å². The van der Waals surface area contributed by atoms with Crippen molar-refractivity contribution in [2.75, 3.05) is 0 Å².